The third-order valence-electron chi connectivity index (χ3n) is 3.87. The van der Waals surface area contributed by atoms with Gasteiger partial charge in [0.15, 0.2) is 0 Å². The smallest absolute Gasteiger partial charge is 0.251 e. The Kier molecular flexibility index (Phi) is 7.64. The first kappa shape index (κ1) is 19.5. The highest BCUT2D eigenvalue weighted by molar-refractivity contribution is 5.94. The molecule has 2 aromatic rings. The van der Waals surface area contributed by atoms with E-state index in [0.717, 1.165) is 11.3 Å². The van der Waals surface area contributed by atoms with Gasteiger partial charge in [0.05, 0.1) is 13.2 Å². The van der Waals surface area contributed by atoms with E-state index in [4.69, 9.17) is 4.74 Å². The molecule has 0 aliphatic heterocycles. The first-order chi connectivity index (χ1) is 12.6. The number of hydrogen-bond acceptors (Lipinski definition) is 4. The number of ether oxygens (including phenoxy) is 1. The average Bonchev–Trinajstić information content (AvgIpc) is 2.67. The van der Waals surface area contributed by atoms with Crippen LogP contribution in [0.15, 0.2) is 54.6 Å². The van der Waals surface area contributed by atoms with Crippen LogP contribution < -0.4 is 10.6 Å². The fourth-order valence-corrected chi connectivity index (χ4v) is 2.37. The van der Waals surface area contributed by atoms with Crippen LogP contribution in [0.25, 0.3) is 0 Å². The maximum atomic E-state index is 12.2. The van der Waals surface area contributed by atoms with E-state index < -0.39 is 0 Å². The van der Waals surface area contributed by atoms with Crippen molar-refractivity contribution in [3.05, 3.63) is 65.7 Å². The van der Waals surface area contributed by atoms with Crippen LogP contribution in [0.5, 0.6) is 0 Å². The summed E-state index contributed by atoms with van der Waals surface area (Å²) in [7, 11) is 3.37. The monoisotopic (exact) mass is 355 g/mol. The Morgan fingerprint density at radius 3 is 2.38 bits per heavy atom. The van der Waals surface area contributed by atoms with Crippen LogP contribution in [0, 0.1) is 0 Å². The lowest BCUT2D eigenvalue weighted by atomic mass is 10.2. The van der Waals surface area contributed by atoms with Crippen molar-refractivity contribution in [2.75, 3.05) is 39.2 Å². The highest BCUT2D eigenvalue weighted by Crippen LogP contribution is 2.10. The topological polar surface area (TPSA) is 70.7 Å². The average molecular weight is 355 g/mol. The van der Waals surface area contributed by atoms with Crippen molar-refractivity contribution in [1.82, 2.24) is 10.2 Å². The third-order valence-corrected chi connectivity index (χ3v) is 3.87. The van der Waals surface area contributed by atoms with Crippen molar-refractivity contribution in [3.63, 3.8) is 0 Å². The number of likely N-dealkylation sites (N-methyl/N-ethyl adjacent to an activating group) is 1. The van der Waals surface area contributed by atoms with Crippen LogP contribution in [0.1, 0.15) is 15.9 Å². The Bertz CT molecular complexity index is 702. The lowest BCUT2D eigenvalue weighted by Gasteiger charge is -2.18. The van der Waals surface area contributed by atoms with E-state index in [1.54, 1.807) is 43.3 Å². The van der Waals surface area contributed by atoms with Gasteiger partial charge in [-0.3, -0.25) is 9.59 Å². The number of benzene rings is 2. The van der Waals surface area contributed by atoms with Crippen LogP contribution in [-0.2, 0) is 16.1 Å². The predicted octanol–water partition coefficient (Wildman–Crippen LogP) is 2.13. The van der Waals surface area contributed by atoms with E-state index in [0.29, 0.717) is 25.3 Å². The maximum Gasteiger partial charge on any atom is 0.251 e. The summed E-state index contributed by atoms with van der Waals surface area (Å²) in [6.45, 7) is 1.71. The number of carbonyl (C=O) groups is 2. The predicted molar refractivity (Wildman–Crippen MR) is 102 cm³/mol. The highest BCUT2D eigenvalue weighted by atomic mass is 16.5. The minimum Gasteiger partial charge on any atom is -0.383 e. The van der Waals surface area contributed by atoms with E-state index in [1.807, 2.05) is 30.3 Å². The zero-order valence-electron chi connectivity index (χ0n) is 15.2. The number of nitrogens with zero attached hydrogens (tertiary/aromatic N) is 1. The Labute approximate surface area is 154 Å². The molecule has 0 radical (unpaired) electrons. The molecular formula is C20H25N3O3. The molecule has 26 heavy (non-hydrogen) atoms. The molecule has 6 heteroatoms. The lowest BCUT2D eigenvalue weighted by Crippen LogP contribution is -2.31. The second-order valence-corrected chi connectivity index (χ2v) is 5.92. The van der Waals surface area contributed by atoms with Crippen LogP contribution in [0.3, 0.4) is 0 Å². The Morgan fingerprint density at radius 1 is 1.04 bits per heavy atom. The normalized spacial score (nSPS) is 10.2. The summed E-state index contributed by atoms with van der Waals surface area (Å²) in [6, 6.07) is 16.9. The van der Waals surface area contributed by atoms with Gasteiger partial charge in [0.2, 0.25) is 5.91 Å². The number of nitrogens with one attached hydrogen (secondary N) is 2. The highest BCUT2D eigenvalue weighted by Gasteiger charge is 2.09. The van der Waals surface area contributed by atoms with Gasteiger partial charge in [0.1, 0.15) is 0 Å². The fourth-order valence-electron chi connectivity index (χ4n) is 2.37. The van der Waals surface area contributed by atoms with Crippen molar-refractivity contribution >= 4 is 17.5 Å². The second-order valence-electron chi connectivity index (χ2n) is 5.92. The molecule has 2 N–H and O–H groups in total. The van der Waals surface area contributed by atoms with Crippen molar-refractivity contribution in [1.29, 1.82) is 0 Å². The molecule has 0 saturated heterocycles. The van der Waals surface area contributed by atoms with Crippen molar-refractivity contribution in [2.45, 2.75) is 6.54 Å². The largest absolute Gasteiger partial charge is 0.383 e. The molecule has 0 fully saturated rings. The van der Waals surface area contributed by atoms with E-state index in [9.17, 15) is 9.59 Å². The van der Waals surface area contributed by atoms with E-state index in [-0.39, 0.29) is 18.4 Å². The second kappa shape index (κ2) is 10.2. The van der Waals surface area contributed by atoms with Crippen LogP contribution in [0.2, 0.25) is 0 Å². The molecule has 0 saturated carbocycles. The fraction of sp³-hybridized carbons (Fsp3) is 0.300. The van der Waals surface area contributed by atoms with Gasteiger partial charge in [0, 0.05) is 38.5 Å². The quantitative estimate of drug-likeness (QED) is 0.676. The zero-order chi connectivity index (χ0) is 18.8. The van der Waals surface area contributed by atoms with Crippen molar-refractivity contribution < 1.29 is 14.3 Å². The molecule has 2 amide bonds. The molecule has 0 unspecified atom stereocenters. The number of hydrogen-bond donors (Lipinski definition) is 2. The van der Waals surface area contributed by atoms with E-state index in [2.05, 4.69) is 10.6 Å². The summed E-state index contributed by atoms with van der Waals surface area (Å²) in [5.74, 6) is -0.150. The van der Waals surface area contributed by atoms with Crippen molar-refractivity contribution in [2.24, 2.45) is 0 Å². The molecule has 0 atom stereocenters. The molecule has 138 valence electrons. The number of amides is 2. The van der Waals surface area contributed by atoms with E-state index >= 15 is 0 Å². The zero-order valence-corrected chi connectivity index (χ0v) is 15.2. The first-order valence-corrected chi connectivity index (χ1v) is 8.49. The van der Waals surface area contributed by atoms with Gasteiger partial charge in [-0.1, -0.05) is 30.3 Å². The number of carbonyl (C=O) groups excluding carboxylic acids is 2. The molecule has 0 spiro atoms. The van der Waals surface area contributed by atoms with Gasteiger partial charge in [-0.05, 0) is 29.8 Å². The lowest BCUT2D eigenvalue weighted by molar-refractivity contribution is -0.128. The minimum absolute atomic E-state index is 0.00441. The molecule has 0 heterocycles. The van der Waals surface area contributed by atoms with Crippen LogP contribution in [-0.4, -0.2) is 50.6 Å². The Morgan fingerprint density at radius 2 is 1.73 bits per heavy atom. The standard InChI is InChI=1S/C20H25N3O3/c1-23(15-16-6-4-3-5-7-16)19(24)14-22-18-10-8-17(9-11-18)20(25)21-12-13-26-2/h3-11,22H,12-15H2,1-2H3,(H,21,25). The molecule has 0 aromatic heterocycles. The van der Waals surface area contributed by atoms with Crippen LogP contribution >= 0.6 is 0 Å². The summed E-state index contributed by atoms with van der Waals surface area (Å²) < 4.78 is 4.90. The van der Waals surface area contributed by atoms with Gasteiger partial charge < -0.3 is 20.3 Å². The molecule has 0 bridgehead atoms. The van der Waals surface area contributed by atoms with Gasteiger partial charge in [-0.15, -0.1) is 0 Å². The SMILES string of the molecule is COCCNC(=O)c1ccc(NCC(=O)N(C)Cc2ccccc2)cc1. The van der Waals surface area contributed by atoms with Crippen molar-refractivity contribution in [3.8, 4) is 0 Å². The van der Waals surface area contributed by atoms with Gasteiger partial charge in [-0.25, -0.2) is 0 Å². The van der Waals surface area contributed by atoms with Gasteiger partial charge in [0.25, 0.3) is 5.91 Å². The Balaban J connectivity index is 1.79. The molecule has 6 nitrogen and oxygen atoms in total. The summed E-state index contributed by atoms with van der Waals surface area (Å²) >= 11 is 0. The van der Waals surface area contributed by atoms with E-state index in [1.165, 1.54) is 0 Å². The summed E-state index contributed by atoms with van der Waals surface area (Å²) in [4.78, 5) is 25.8. The molecule has 2 rings (SSSR count). The van der Waals surface area contributed by atoms with Gasteiger partial charge >= 0.3 is 0 Å². The molecular weight excluding hydrogens is 330 g/mol. The summed E-state index contributed by atoms with van der Waals surface area (Å²) in [6.07, 6.45) is 0. The summed E-state index contributed by atoms with van der Waals surface area (Å²) in [5.41, 5.74) is 2.45. The van der Waals surface area contributed by atoms with Crippen LogP contribution in [0.4, 0.5) is 5.69 Å². The molecule has 2 aromatic carbocycles. The third kappa shape index (κ3) is 6.22. The maximum absolute atomic E-state index is 12.2. The molecule has 0 aliphatic carbocycles. The number of rotatable bonds is 9. The summed E-state index contributed by atoms with van der Waals surface area (Å²) in [5, 5.41) is 5.85. The number of anilines is 1. The number of methoxy groups -OCH3 is 1. The molecule has 0 aliphatic rings. The Hall–Kier alpha value is -2.86. The van der Waals surface area contributed by atoms with Gasteiger partial charge in [-0.2, -0.15) is 0 Å². The minimum atomic E-state index is -0.146. The first-order valence-electron chi connectivity index (χ1n) is 8.49.